The van der Waals surface area contributed by atoms with Gasteiger partial charge in [-0.2, -0.15) is 0 Å². The summed E-state index contributed by atoms with van der Waals surface area (Å²) in [5.74, 6) is 0. The lowest BCUT2D eigenvalue weighted by molar-refractivity contribution is 1.19. The highest BCUT2D eigenvalue weighted by atomic mass is 31.0. The summed E-state index contributed by atoms with van der Waals surface area (Å²) < 4.78 is 0. The summed E-state index contributed by atoms with van der Waals surface area (Å²) in [6, 6.07) is 19.8. The van der Waals surface area contributed by atoms with Crippen molar-refractivity contribution < 1.29 is 0 Å². The Morgan fingerprint density at radius 2 is 1.71 bits per heavy atom. The quantitative estimate of drug-likeness (QED) is 0.603. The van der Waals surface area contributed by atoms with Crippen molar-refractivity contribution in [2.24, 2.45) is 0 Å². The molecule has 1 atom stereocenters. The lowest BCUT2D eigenvalue weighted by Crippen LogP contribution is -1.87. The zero-order valence-corrected chi connectivity index (χ0v) is 10.9. The minimum Gasteiger partial charge on any atom is -0.128 e. The molecule has 0 aliphatic heterocycles. The number of benzene rings is 2. The summed E-state index contributed by atoms with van der Waals surface area (Å²) >= 11 is 0. The highest BCUT2D eigenvalue weighted by Gasteiger charge is 2.02. The topological polar surface area (TPSA) is 0 Å². The van der Waals surface area contributed by atoms with Gasteiger partial charge in [-0.25, -0.2) is 0 Å². The molecular formula is C16H15P. The van der Waals surface area contributed by atoms with Crippen LogP contribution in [0.5, 0.6) is 0 Å². The Balaban J connectivity index is 1.98. The molecule has 84 valence electrons. The molecule has 1 heterocycles. The summed E-state index contributed by atoms with van der Waals surface area (Å²) in [5.41, 5.74) is 2.85. The van der Waals surface area contributed by atoms with Crippen LogP contribution in [0.3, 0.4) is 0 Å². The molecular weight excluding hydrogens is 223 g/mol. The number of hydrogen-bond donors (Lipinski definition) is 0. The maximum atomic E-state index is 2.36. The standard InChI is InChI=1S/C16H15P/c1-12-6-2-3-7-13(12)10-15-11-14-8-4-5-9-16(14)17-15/h2-9,11,17H,10H2,1H3. The highest BCUT2D eigenvalue weighted by Crippen LogP contribution is 2.31. The summed E-state index contributed by atoms with van der Waals surface area (Å²) in [5, 5.41) is 4.46. The van der Waals surface area contributed by atoms with Crippen molar-refractivity contribution in [3.8, 4) is 0 Å². The molecule has 1 heteroatoms. The Kier molecular flexibility index (Phi) is 2.74. The Labute approximate surface area is 103 Å². The molecule has 3 rings (SSSR count). The maximum Gasteiger partial charge on any atom is 0.00124 e. The van der Waals surface area contributed by atoms with Gasteiger partial charge in [0.05, 0.1) is 0 Å². The second kappa shape index (κ2) is 4.39. The normalized spacial score (nSPS) is 11.4. The molecule has 0 spiro atoms. The van der Waals surface area contributed by atoms with Crippen LogP contribution in [0, 0.1) is 6.92 Å². The molecule has 0 saturated carbocycles. The molecule has 0 aliphatic carbocycles. The van der Waals surface area contributed by atoms with Gasteiger partial charge >= 0.3 is 0 Å². The summed E-state index contributed by atoms with van der Waals surface area (Å²) in [6.45, 7) is 2.20. The van der Waals surface area contributed by atoms with Crippen molar-refractivity contribution in [2.75, 3.05) is 0 Å². The minimum absolute atomic E-state index is 0.854. The average Bonchev–Trinajstić information content (AvgIpc) is 2.74. The third-order valence-electron chi connectivity index (χ3n) is 3.23. The zero-order valence-electron chi connectivity index (χ0n) is 9.90. The van der Waals surface area contributed by atoms with Gasteiger partial charge in [-0.05, 0) is 39.9 Å². The number of rotatable bonds is 2. The smallest absolute Gasteiger partial charge is 0.00124 e. The third-order valence-corrected chi connectivity index (χ3v) is 4.59. The van der Waals surface area contributed by atoms with Gasteiger partial charge in [0.25, 0.3) is 0 Å². The van der Waals surface area contributed by atoms with Gasteiger partial charge in [0.2, 0.25) is 0 Å². The first-order valence-corrected chi connectivity index (χ1v) is 6.94. The van der Waals surface area contributed by atoms with E-state index < -0.39 is 0 Å². The lowest BCUT2D eigenvalue weighted by Gasteiger charge is -2.03. The third kappa shape index (κ3) is 2.14. The predicted molar refractivity (Wildman–Crippen MR) is 77.4 cm³/mol. The largest absolute Gasteiger partial charge is 0.128 e. The van der Waals surface area contributed by atoms with E-state index in [1.165, 1.54) is 21.6 Å². The minimum atomic E-state index is 0.854. The zero-order chi connectivity index (χ0) is 11.7. The molecule has 0 N–H and O–H groups in total. The first-order chi connectivity index (χ1) is 8.33. The van der Waals surface area contributed by atoms with Crippen molar-refractivity contribution in [3.63, 3.8) is 0 Å². The van der Waals surface area contributed by atoms with Crippen LogP contribution >= 0.6 is 8.19 Å². The summed E-state index contributed by atoms with van der Waals surface area (Å²) in [6.07, 6.45) is 1.10. The molecule has 0 aliphatic rings. The second-order valence-electron chi connectivity index (χ2n) is 4.49. The van der Waals surface area contributed by atoms with Gasteiger partial charge in [-0.1, -0.05) is 48.5 Å². The lowest BCUT2D eigenvalue weighted by atomic mass is 10.1. The van der Waals surface area contributed by atoms with Crippen molar-refractivity contribution in [2.45, 2.75) is 13.3 Å². The van der Waals surface area contributed by atoms with Gasteiger partial charge < -0.3 is 0 Å². The Hall–Kier alpha value is -1.52. The molecule has 0 nitrogen and oxygen atoms in total. The second-order valence-corrected chi connectivity index (χ2v) is 5.92. The molecule has 0 radical (unpaired) electrons. The van der Waals surface area contributed by atoms with Crippen molar-refractivity contribution in [1.82, 2.24) is 0 Å². The van der Waals surface area contributed by atoms with Gasteiger partial charge in [0.1, 0.15) is 0 Å². The van der Waals surface area contributed by atoms with Crippen LogP contribution in [-0.2, 0) is 6.42 Å². The Morgan fingerprint density at radius 1 is 0.941 bits per heavy atom. The molecule has 0 saturated heterocycles. The summed E-state index contributed by atoms with van der Waals surface area (Å²) in [4.78, 5) is 0. The van der Waals surface area contributed by atoms with E-state index in [2.05, 4.69) is 61.5 Å². The predicted octanol–water partition coefficient (Wildman–Crippen LogP) is 4.77. The molecule has 3 aromatic rings. The molecule has 17 heavy (non-hydrogen) atoms. The van der Waals surface area contributed by atoms with Crippen molar-refractivity contribution in [3.05, 3.63) is 71.0 Å². The van der Waals surface area contributed by atoms with Crippen LogP contribution < -0.4 is 0 Å². The molecule has 1 unspecified atom stereocenters. The molecule has 0 fully saturated rings. The van der Waals surface area contributed by atoms with E-state index in [0.29, 0.717) is 0 Å². The van der Waals surface area contributed by atoms with E-state index in [4.69, 9.17) is 0 Å². The van der Waals surface area contributed by atoms with E-state index in [-0.39, 0.29) is 0 Å². The van der Waals surface area contributed by atoms with Crippen LogP contribution in [0.2, 0.25) is 0 Å². The van der Waals surface area contributed by atoms with Crippen molar-refractivity contribution in [1.29, 1.82) is 0 Å². The van der Waals surface area contributed by atoms with E-state index >= 15 is 0 Å². The monoisotopic (exact) mass is 238 g/mol. The Bertz CT molecular complexity index is 616. The number of hydrogen-bond acceptors (Lipinski definition) is 0. The van der Waals surface area contributed by atoms with Crippen molar-refractivity contribution >= 4 is 18.7 Å². The van der Waals surface area contributed by atoms with Crippen LogP contribution in [0.25, 0.3) is 10.5 Å². The van der Waals surface area contributed by atoms with E-state index in [9.17, 15) is 0 Å². The van der Waals surface area contributed by atoms with Crippen LogP contribution in [0.1, 0.15) is 16.4 Å². The van der Waals surface area contributed by atoms with Gasteiger partial charge in [0, 0.05) is 6.42 Å². The SMILES string of the molecule is Cc1ccccc1Cc1cc2ccccc2[pH]1. The van der Waals surface area contributed by atoms with E-state index in [1.54, 1.807) is 5.30 Å². The fourth-order valence-electron chi connectivity index (χ4n) is 2.24. The van der Waals surface area contributed by atoms with Gasteiger partial charge in [-0.15, -0.1) is 8.19 Å². The van der Waals surface area contributed by atoms with E-state index in [1.807, 2.05) is 0 Å². The fourth-order valence-corrected chi connectivity index (χ4v) is 3.57. The van der Waals surface area contributed by atoms with Crippen LogP contribution in [-0.4, -0.2) is 0 Å². The first-order valence-electron chi connectivity index (χ1n) is 5.94. The van der Waals surface area contributed by atoms with Crippen LogP contribution in [0.15, 0.2) is 54.6 Å². The molecule has 1 aromatic heterocycles. The van der Waals surface area contributed by atoms with E-state index in [0.717, 1.165) is 14.6 Å². The number of aryl methyl sites for hydroxylation is 1. The first kappa shape index (κ1) is 10.6. The molecule has 2 aromatic carbocycles. The van der Waals surface area contributed by atoms with Gasteiger partial charge in [0.15, 0.2) is 0 Å². The molecule has 0 bridgehead atoms. The average molecular weight is 238 g/mol. The van der Waals surface area contributed by atoms with Gasteiger partial charge in [-0.3, -0.25) is 0 Å². The molecule has 0 amide bonds. The Morgan fingerprint density at radius 3 is 2.53 bits per heavy atom. The fraction of sp³-hybridized carbons (Fsp3) is 0.125. The maximum absolute atomic E-state index is 2.36. The summed E-state index contributed by atoms with van der Waals surface area (Å²) in [7, 11) is 0.854. The highest BCUT2D eigenvalue weighted by molar-refractivity contribution is 7.38. The number of fused-ring (bicyclic) bond motifs is 1. The van der Waals surface area contributed by atoms with Crippen LogP contribution in [0.4, 0.5) is 0 Å².